The largest absolute Gasteiger partial charge is 0.0741 e. The molecular formula is C19H24. The van der Waals surface area contributed by atoms with Gasteiger partial charge in [0.05, 0.1) is 0 Å². The third kappa shape index (κ3) is 2.26. The van der Waals surface area contributed by atoms with Crippen molar-refractivity contribution in [2.75, 3.05) is 0 Å². The van der Waals surface area contributed by atoms with Crippen molar-refractivity contribution in [2.24, 2.45) is 11.8 Å². The molecule has 0 nitrogen and oxygen atoms in total. The minimum Gasteiger partial charge on any atom is -0.0741 e. The van der Waals surface area contributed by atoms with E-state index in [4.69, 9.17) is 0 Å². The van der Waals surface area contributed by atoms with E-state index in [2.05, 4.69) is 24.3 Å². The Kier molecular flexibility index (Phi) is 2.98. The van der Waals surface area contributed by atoms with Crippen molar-refractivity contribution in [1.29, 1.82) is 0 Å². The number of hydrogen-bond acceptors (Lipinski definition) is 0. The van der Waals surface area contributed by atoms with Crippen LogP contribution in [0.5, 0.6) is 0 Å². The average molecular weight is 252 g/mol. The Morgan fingerprint density at radius 2 is 0.895 bits per heavy atom. The van der Waals surface area contributed by atoms with Crippen molar-refractivity contribution in [1.82, 2.24) is 0 Å². The van der Waals surface area contributed by atoms with Crippen LogP contribution in [0.1, 0.15) is 57.8 Å². The molecular weight excluding hydrogens is 228 g/mol. The van der Waals surface area contributed by atoms with Crippen LogP contribution >= 0.6 is 0 Å². The Hall–Kier alpha value is -1.04. The van der Waals surface area contributed by atoms with E-state index in [9.17, 15) is 0 Å². The van der Waals surface area contributed by atoms with Crippen LogP contribution < -0.4 is 0 Å². The second-order valence-electron chi connectivity index (χ2n) is 6.75. The highest BCUT2D eigenvalue weighted by Crippen LogP contribution is 2.41. The van der Waals surface area contributed by atoms with Crippen LogP contribution in [0.3, 0.4) is 0 Å². The standard InChI is InChI=1S/C19H24/c1-2-6-17-11-14(10-16(17)5-1)9-15-12-18-7-3-4-8-19(18)13-15/h10-15H,1-9H2. The number of allylic oxidation sites excluding steroid dienone is 8. The van der Waals surface area contributed by atoms with Crippen LogP contribution in [0.4, 0.5) is 0 Å². The monoisotopic (exact) mass is 252 g/mol. The summed E-state index contributed by atoms with van der Waals surface area (Å²) in [6, 6.07) is 0. The van der Waals surface area contributed by atoms with Gasteiger partial charge in [-0.3, -0.25) is 0 Å². The topological polar surface area (TPSA) is 0 Å². The third-order valence-electron chi connectivity index (χ3n) is 5.31. The van der Waals surface area contributed by atoms with Gasteiger partial charge >= 0.3 is 0 Å². The molecule has 0 aromatic carbocycles. The fourth-order valence-corrected chi connectivity index (χ4v) is 4.38. The molecule has 0 heterocycles. The van der Waals surface area contributed by atoms with Crippen LogP contribution in [-0.4, -0.2) is 0 Å². The molecule has 0 atom stereocenters. The molecule has 0 aliphatic heterocycles. The van der Waals surface area contributed by atoms with Crippen LogP contribution in [0.15, 0.2) is 46.6 Å². The average Bonchev–Trinajstić information content (AvgIpc) is 3.00. The smallest absolute Gasteiger partial charge is 0.00331 e. The van der Waals surface area contributed by atoms with E-state index >= 15 is 0 Å². The lowest BCUT2D eigenvalue weighted by atomic mass is 9.92. The highest BCUT2D eigenvalue weighted by atomic mass is 14.3. The lowest BCUT2D eigenvalue weighted by molar-refractivity contribution is 0.632. The molecule has 0 radical (unpaired) electrons. The summed E-state index contributed by atoms with van der Waals surface area (Å²) in [4.78, 5) is 0. The van der Waals surface area contributed by atoms with Gasteiger partial charge in [0.2, 0.25) is 0 Å². The van der Waals surface area contributed by atoms with Crippen molar-refractivity contribution in [3.63, 3.8) is 0 Å². The molecule has 2 fully saturated rings. The summed E-state index contributed by atoms with van der Waals surface area (Å²) in [6.45, 7) is 0. The summed E-state index contributed by atoms with van der Waals surface area (Å²) in [5.74, 6) is 1.45. The Balaban J connectivity index is 1.46. The summed E-state index contributed by atoms with van der Waals surface area (Å²) < 4.78 is 0. The molecule has 0 aromatic heterocycles. The molecule has 0 amide bonds. The summed E-state index contributed by atoms with van der Waals surface area (Å²) >= 11 is 0. The Bertz CT molecular complexity index is 408. The van der Waals surface area contributed by atoms with Crippen molar-refractivity contribution in [2.45, 2.75) is 57.8 Å². The number of fused-ring (bicyclic) bond motifs is 2. The normalized spacial score (nSPS) is 27.4. The van der Waals surface area contributed by atoms with Crippen LogP contribution in [-0.2, 0) is 0 Å². The van der Waals surface area contributed by atoms with Crippen LogP contribution in [0.2, 0.25) is 0 Å². The molecule has 0 saturated heterocycles. The zero-order valence-electron chi connectivity index (χ0n) is 11.8. The second kappa shape index (κ2) is 4.81. The summed E-state index contributed by atoms with van der Waals surface area (Å²) in [6.07, 6.45) is 22.6. The predicted molar refractivity (Wildman–Crippen MR) is 80.9 cm³/mol. The molecule has 4 aliphatic rings. The Labute approximate surface area is 117 Å². The minimum absolute atomic E-state index is 0.724. The molecule has 0 N–H and O–H groups in total. The molecule has 0 aromatic rings. The first kappa shape index (κ1) is 11.8. The van der Waals surface area contributed by atoms with E-state index in [1.54, 1.807) is 22.3 Å². The Morgan fingerprint density at radius 1 is 0.579 bits per heavy atom. The van der Waals surface area contributed by atoms with Crippen molar-refractivity contribution in [3.8, 4) is 0 Å². The molecule has 4 aliphatic carbocycles. The highest BCUT2D eigenvalue weighted by Gasteiger charge is 2.25. The van der Waals surface area contributed by atoms with E-state index in [0.29, 0.717) is 0 Å². The van der Waals surface area contributed by atoms with Gasteiger partial charge in [0.1, 0.15) is 0 Å². The van der Waals surface area contributed by atoms with Crippen molar-refractivity contribution >= 4 is 0 Å². The summed E-state index contributed by atoms with van der Waals surface area (Å²) in [5.41, 5.74) is 6.75. The van der Waals surface area contributed by atoms with Gasteiger partial charge in [0.25, 0.3) is 0 Å². The first-order chi connectivity index (χ1) is 9.38. The fourth-order valence-electron chi connectivity index (χ4n) is 4.38. The van der Waals surface area contributed by atoms with Gasteiger partial charge in [-0.25, -0.2) is 0 Å². The van der Waals surface area contributed by atoms with E-state index in [1.807, 2.05) is 0 Å². The third-order valence-corrected chi connectivity index (χ3v) is 5.31. The van der Waals surface area contributed by atoms with E-state index in [1.165, 1.54) is 57.8 Å². The zero-order valence-corrected chi connectivity index (χ0v) is 11.8. The molecule has 0 bridgehead atoms. The SMILES string of the molecule is C1=C2CCCCC2=CC1CC1C=C2CCCCC2=C1. The second-order valence-corrected chi connectivity index (χ2v) is 6.75. The quantitative estimate of drug-likeness (QED) is 0.609. The maximum absolute atomic E-state index is 2.58. The zero-order chi connectivity index (χ0) is 12.7. The predicted octanol–water partition coefficient (Wildman–Crippen LogP) is 5.49. The maximum Gasteiger partial charge on any atom is -0.00331 e. The van der Waals surface area contributed by atoms with Crippen LogP contribution in [0.25, 0.3) is 0 Å². The highest BCUT2D eigenvalue weighted by molar-refractivity contribution is 5.43. The first-order valence-corrected chi connectivity index (χ1v) is 8.22. The first-order valence-electron chi connectivity index (χ1n) is 8.22. The molecule has 100 valence electrons. The van der Waals surface area contributed by atoms with Gasteiger partial charge in [-0.1, -0.05) is 24.3 Å². The van der Waals surface area contributed by atoms with Crippen molar-refractivity contribution in [3.05, 3.63) is 46.6 Å². The maximum atomic E-state index is 2.58. The van der Waals surface area contributed by atoms with E-state index in [0.717, 1.165) is 11.8 Å². The van der Waals surface area contributed by atoms with Crippen LogP contribution in [0, 0.1) is 11.8 Å². The van der Waals surface area contributed by atoms with Gasteiger partial charge in [0, 0.05) is 0 Å². The van der Waals surface area contributed by atoms with E-state index in [-0.39, 0.29) is 0 Å². The van der Waals surface area contributed by atoms with Crippen molar-refractivity contribution < 1.29 is 0 Å². The fraction of sp³-hybridized carbons (Fsp3) is 0.579. The summed E-state index contributed by atoms with van der Waals surface area (Å²) in [5, 5.41) is 0. The van der Waals surface area contributed by atoms with Gasteiger partial charge in [-0.05, 0) is 91.9 Å². The Morgan fingerprint density at radius 3 is 1.21 bits per heavy atom. The molecule has 0 unspecified atom stereocenters. The number of rotatable bonds is 2. The van der Waals surface area contributed by atoms with Gasteiger partial charge in [-0.15, -0.1) is 0 Å². The molecule has 19 heavy (non-hydrogen) atoms. The molecule has 4 rings (SSSR count). The molecule has 0 heteroatoms. The van der Waals surface area contributed by atoms with Gasteiger partial charge < -0.3 is 0 Å². The molecule has 2 saturated carbocycles. The lowest BCUT2D eigenvalue weighted by Crippen LogP contribution is -1.97. The van der Waals surface area contributed by atoms with E-state index < -0.39 is 0 Å². The van der Waals surface area contributed by atoms with Gasteiger partial charge in [-0.2, -0.15) is 0 Å². The van der Waals surface area contributed by atoms with Gasteiger partial charge in [0.15, 0.2) is 0 Å². The number of hydrogen-bond donors (Lipinski definition) is 0. The lowest BCUT2D eigenvalue weighted by Gasteiger charge is -2.13. The summed E-state index contributed by atoms with van der Waals surface area (Å²) in [7, 11) is 0. The minimum atomic E-state index is 0.724. The molecule has 0 spiro atoms.